The van der Waals surface area contributed by atoms with Crippen molar-refractivity contribution in [3.05, 3.63) is 132 Å². The van der Waals surface area contributed by atoms with Gasteiger partial charge in [0, 0.05) is 60.4 Å². The predicted molar refractivity (Wildman–Crippen MR) is 266 cm³/mol. The molecular formula is C55H75N6O+. The zero-order chi connectivity index (χ0) is 43.8. The molecule has 7 nitrogen and oxygen atoms in total. The fourth-order valence-electron chi connectivity index (χ4n) is 9.59. The molecule has 0 radical (unpaired) electrons. The third kappa shape index (κ3) is 11.4. The summed E-state index contributed by atoms with van der Waals surface area (Å²) in [5.41, 5.74) is 13.4. The van der Waals surface area contributed by atoms with E-state index in [4.69, 9.17) is 5.73 Å². The number of nitrogens with one attached hydrogen (secondary N) is 3. The summed E-state index contributed by atoms with van der Waals surface area (Å²) in [5.74, 6) is 0.166. The molecule has 0 saturated carbocycles. The number of fused-ring (bicyclic) bond motifs is 6. The lowest BCUT2D eigenvalue weighted by atomic mass is 9.79. The van der Waals surface area contributed by atoms with Crippen LogP contribution in [0.15, 0.2) is 121 Å². The van der Waals surface area contributed by atoms with Crippen LogP contribution < -0.4 is 26.6 Å². The molecule has 0 atom stereocenters. The largest absolute Gasteiger partial charge is 0.356 e. The summed E-state index contributed by atoms with van der Waals surface area (Å²) < 4.78 is 2.53. The van der Waals surface area contributed by atoms with Crippen molar-refractivity contribution in [3.63, 3.8) is 0 Å². The maximum Gasteiger partial charge on any atom is 0.219 e. The van der Waals surface area contributed by atoms with E-state index in [0.717, 1.165) is 97.3 Å². The first-order valence-electron chi connectivity index (χ1n) is 23.8. The number of hydrogen-bond donors (Lipinski definition) is 4. The molecule has 330 valence electrons. The van der Waals surface area contributed by atoms with Crippen molar-refractivity contribution in [2.75, 3.05) is 57.3 Å². The average molecular weight is 836 g/mol. The molecule has 0 bridgehead atoms. The van der Waals surface area contributed by atoms with Gasteiger partial charge in [0.25, 0.3) is 0 Å². The Morgan fingerprint density at radius 2 is 1.31 bits per heavy atom. The second-order valence-corrected chi connectivity index (χ2v) is 18.2. The molecule has 4 aromatic carbocycles. The molecule has 7 heteroatoms. The molecule has 6 rings (SSSR count). The van der Waals surface area contributed by atoms with Crippen LogP contribution in [0.3, 0.4) is 0 Å². The number of benzene rings is 4. The third-order valence-corrected chi connectivity index (χ3v) is 12.8. The second kappa shape index (κ2) is 23.0. The van der Waals surface area contributed by atoms with E-state index in [1.807, 2.05) is 0 Å². The smallest absolute Gasteiger partial charge is 0.219 e. The quantitative estimate of drug-likeness (QED) is 0.0304. The van der Waals surface area contributed by atoms with Gasteiger partial charge in [-0.25, -0.2) is 0 Å². The highest BCUT2D eigenvalue weighted by atomic mass is 16.1. The average Bonchev–Trinajstić information content (AvgIpc) is 3.63. The zero-order valence-corrected chi connectivity index (χ0v) is 38.6. The van der Waals surface area contributed by atoms with Crippen molar-refractivity contribution in [1.82, 2.24) is 16.0 Å². The van der Waals surface area contributed by atoms with Crippen molar-refractivity contribution in [3.8, 4) is 0 Å². The number of rotatable bonds is 25. The van der Waals surface area contributed by atoms with Gasteiger partial charge in [0.15, 0.2) is 5.71 Å². The van der Waals surface area contributed by atoms with E-state index in [2.05, 4.69) is 175 Å². The molecule has 0 fully saturated rings. The van der Waals surface area contributed by atoms with Crippen molar-refractivity contribution in [2.45, 2.75) is 110 Å². The number of nitrogens with two attached hydrogens (primary N) is 1. The fraction of sp³-hybridized carbons (Fsp3) is 0.455. The SMILES string of the molecule is CCCCN1\C(=C/C=C/C=C/C=C/C2=[N+](CCCCCC(=O)NCCCNCCCCNCCCN)c3ccc4ccccc4c3C2(C)C)C(C)(C)c2c1ccc1ccccc21. The van der Waals surface area contributed by atoms with Gasteiger partial charge < -0.3 is 26.6 Å². The number of nitrogens with zero attached hydrogens (tertiary/aromatic N) is 2. The minimum atomic E-state index is -0.160. The summed E-state index contributed by atoms with van der Waals surface area (Å²) >= 11 is 0. The molecule has 1 amide bonds. The molecule has 2 heterocycles. The van der Waals surface area contributed by atoms with E-state index in [9.17, 15) is 4.79 Å². The van der Waals surface area contributed by atoms with Gasteiger partial charge in [0.05, 0.1) is 5.41 Å². The minimum absolute atomic E-state index is 0.0992. The number of unbranched alkanes of at least 4 members (excludes halogenated alkanes) is 4. The molecule has 0 saturated heterocycles. The van der Waals surface area contributed by atoms with Crippen LogP contribution >= 0.6 is 0 Å². The number of carbonyl (C=O) groups excluding carboxylic acids is 1. The maximum absolute atomic E-state index is 12.6. The number of carbonyl (C=O) groups is 1. The van der Waals surface area contributed by atoms with Gasteiger partial charge in [-0.2, -0.15) is 4.58 Å². The lowest BCUT2D eigenvalue weighted by Gasteiger charge is -2.27. The summed E-state index contributed by atoms with van der Waals surface area (Å²) in [6.07, 6.45) is 25.7. The monoisotopic (exact) mass is 836 g/mol. The first-order valence-corrected chi connectivity index (χ1v) is 23.8. The molecule has 0 aromatic heterocycles. The third-order valence-electron chi connectivity index (χ3n) is 12.8. The Bertz CT molecular complexity index is 2260. The second-order valence-electron chi connectivity index (χ2n) is 18.2. The molecule has 2 aliphatic heterocycles. The Hall–Kier alpha value is -4.82. The molecule has 0 unspecified atom stereocenters. The number of allylic oxidation sites excluding steroid dienone is 8. The molecule has 5 N–H and O–H groups in total. The van der Waals surface area contributed by atoms with E-state index in [0.29, 0.717) is 6.42 Å². The molecular weight excluding hydrogens is 761 g/mol. The first-order chi connectivity index (χ1) is 30.2. The van der Waals surface area contributed by atoms with E-state index in [1.54, 1.807) is 0 Å². The van der Waals surface area contributed by atoms with Crippen LogP contribution in [0.5, 0.6) is 0 Å². The van der Waals surface area contributed by atoms with Gasteiger partial charge in [-0.05, 0) is 137 Å². The highest BCUT2D eigenvalue weighted by Crippen LogP contribution is 2.51. The fourth-order valence-corrected chi connectivity index (χ4v) is 9.59. The molecule has 4 aromatic rings. The topological polar surface area (TPSA) is 85.4 Å². The number of anilines is 1. The number of amides is 1. The van der Waals surface area contributed by atoms with Gasteiger partial charge in [0.1, 0.15) is 6.54 Å². The lowest BCUT2D eigenvalue weighted by molar-refractivity contribution is -0.438. The zero-order valence-electron chi connectivity index (χ0n) is 38.6. The Morgan fingerprint density at radius 3 is 2.03 bits per heavy atom. The van der Waals surface area contributed by atoms with E-state index < -0.39 is 0 Å². The normalized spacial score (nSPS) is 16.3. The summed E-state index contributed by atoms with van der Waals surface area (Å²) in [5, 5.41) is 15.3. The molecule has 0 aliphatic carbocycles. The van der Waals surface area contributed by atoms with Crippen LogP contribution in [0, 0.1) is 0 Å². The van der Waals surface area contributed by atoms with Gasteiger partial charge in [0.2, 0.25) is 11.6 Å². The number of hydrogen-bond acceptors (Lipinski definition) is 5. The molecule has 0 spiro atoms. The summed E-state index contributed by atoms with van der Waals surface area (Å²) in [7, 11) is 0. The van der Waals surface area contributed by atoms with Gasteiger partial charge >= 0.3 is 0 Å². The summed E-state index contributed by atoms with van der Waals surface area (Å²) in [4.78, 5) is 15.2. The highest BCUT2D eigenvalue weighted by molar-refractivity contribution is 6.07. The summed E-state index contributed by atoms with van der Waals surface area (Å²) in [6.45, 7) is 19.2. The minimum Gasteiger partial charge on any atom is -0.356 e. The Balaban J connectivity index is 1.05. The highest BCUT2D eigenvalue weighted by Gasteiger charge is 2.45. The van der Waals surface area contributed by atoms with E-state index >= 15 is 0 Å². The van der Waals surface area contributed by atoms with Crippen LogP contribution in [0.1, 0.15) is 110 Å². The van der Waals surface area contributed by atoms with Crippen LogP contribution in [0.2, 0.25) is 0 Å². The van der Waals surface area contributed by atoms with Crippen molar-refractivity contribution in [2.24, 2.45) is 5.73 Å². The predicted octanol–water partition coefficient (Wildman–Crippen LogP) is 10.9. The van der Waals surface area contributed by atoms with Crippen LogP contribution in [0.25, 0.3) is 21.5 Å². The van der Waals surface area contributed by atoms with Crippen molar-refractivity contribution < 1.29 is 9.37 Å². The van der Waals surface area contributed by atoms with Gasteiger partial charge in [-0.3, -0.25) is 4.79 Å². The Kier molecular flexibility index (Phi) is 17.3. The Morgan fingerprint density at radius 1 is 0.661 bits per heavy atom. The van der Waals surface area contributed by atoms with Crippen LogP contribution in [-0.4, -0.2) is 68.6 Å². The van der Waals surface area contributed by atoms with Crippen molar-refractivity contribution in [1.29, 1.82) is 0 Å². The maximum atomic E-state index is 12.6. The first kappa shape index (κ1) is 46.7. The lowest BCUT2D eigenvalue weighted by Crippen LogP contribution is -2.28. The van der Waals surface area contributed by atoms with Gasteiger partial charge in [-0.15, -0.1) is 0 Å². The van der Waals surface area contributed by atoms with Crippen LogP contribution in [-0.2, 0) is 15.6 Å². The van der Waals surface area contributed by atoms with Gasteiger partial charge in [-0.1, -0.05) is 112 Å². The molecule has 2 aliphatic rings. The van der Waals surface area contributed by atoms with Crippen LogP contribution in [0.4, 0.5) is 11.4 Å². The van der Waals surface area contributed by atoms with Crippen molar-refractivity contribution >= 4 is 44.5 Å². The van der Waals surface area contributed by atoms with E-state index in [1.165, 1.54) is 68.3 Å². The Labute approximate surface area is 373 Å². The molecule has 62 heavy (non-hydrogen) atoms. The standard InChI is InChI=1S/C55H74N6O/c1-6-7-41-60-47-33-31-43-24-15-17-26-45(43)52(47)54(2,3)49(60)28-12-9-8-10-13-29-50-55(4,5)53-46-27-18-16-25-44(46)32-34-48(53)61(50)42-21-11-14-30-51(62)59-40-23-39-58-37-20-19-36-57-38-22-35-56/h8-10,12-13,15-18,24-29,31-34,57-58H,6-7,11,14,19-23,30,35-42,56H2,1-5H3/p+1. The van der Waals surface area contributed by atoms with E-state index in [-0.39, 0.29) is 16.7 Å². The summed E-state index contributed by atoms with van der Waals surface area (Å²) in [6, 6.07) is 26.8.